The van der Waals surface area contributed by atoms with Crippen molar-refractivity contribution in [3.63, 3.8) is 0 Å². The summed E-state index contributed by atoms with van der Waals surface area (Å²) in [4.78, 5) is 11.7. The number of carbonyl (C=O) groups is 1. The molecular formula is C6H11NO3. The van der Waals surface area contributed by atoms with Crippen molar-refractivity contribution in [3.05, 3.63) is 0 Å². The van der Waals surface area contributed by atoms with Crippen LogP contribution in [0, 0.1) is 0 Å². The van der Waals surface area contributed by atoms with E-state index in [0.29, 0.717) is 13.2 Å². The van der Waals surface area contributed by atoms with Gasteiger partial charge in [0.05, 0.1) is 12.6 Å². The molecule has 1 fully saturated rings. The maximum atomic E-state index is 10.4. The molecule has 0 aromatic heterocycles. The van der Waals surface area contributed by atoms with Crippen LogP contribution in [0.15, 0.2) is 0 Å². The molecule has 1 heterocycles. The number of carboxylic acid groups (broad SMARTS) is 1. The van der Waals surface area contributed by atoms with Crippen molar-refractivity contribution in [2.24, 2.45) is 0 Å². The van der Waals surface area contributed by atoms with Gasteiger partial charge in [0.25, 0.3) is 0 Å². The SMILES string of the molecule is CN(C(=O)O)C1CCOC1. The average molecular weight is 145 g/mol. The first-order chi connectivity index (χ1) is 4.72. The first kappa shape index (κ1) is 7.34. The van der Waals surface area contributed by atoms with Crippen molar-refractivity contribution in [2.45, 2.75) is 12.5 Å². The van der Waals surface area contributed by atoms with Crippen molar-refractivity contribution >= 4 is 6.09 Å². The van der Waals surface area contributed by atoms with Gasteiger partial charge in [0.1, 0.15) is 0 Å². The Hall–Kier alpha value is -0.770. The lowest BCUT2D eigenvalue weighted by molar-refractivity contribution is 0.125. The summed E-state index contributed by atoms with van der Waals surface area (Å²) in [6.07, 6.45) is -0.0569. The first-order valence-electron chi connectivity index (χ1n) is 3.25. The molecule has 0 aliphatic carbocycles. The standard InChI is InChI=1S/C6H11NO3/c1-7(6(8)9)5-2-3-10-4-5/h5H,2-4H2,1H3,(H,8,9). The van der Waals surface area contributed by atoms with Crippen LogP contribution in [0.3, 0.4) is 0 Å². The van der Waals surface area contributed by atoms with Gasteiger partial charge in [-0.2, -0.15) is 0 Å². The molecule has 4 nitrogen and oxygen atoms in total. The molecule has 1 aliphatic heterocycles. The number of ether oxygens (including phenoxy) is 1. The summed E-state index contributed by atoms with van der Waals surface area (Å²) in [7, 11) is 1.57. The van der Waals surface area contributed by atoms with E-state index in [1.54, 1.807) is 7.05 Å². The maximum Gasteiger partial charge on any atom is 0.407 e. The fraction of sp³-hybridized carbons (Fsp3) is 0.833. The second-order valence-corrected chi connectivity index (χ2v) is 2.41. The second kappa shape index (κ2) is 2.88. The lowest BCUT2D eigenvalue weighted by atomic mass is 10.2. The van der Waals surface area contributed by atoms with Gasteiger partial charge in [-0.15, -0.1) is 0 Å². The minimum Gasteiger partial charge on any atom is -0.465 e. The van der Waals surface area contributed by atoms with Gasteiger partial charge < -0.3 is 14.7 Å². The molecule has 1 N–H and O–H groups in total. The maximum absolute atomic E-state index is 10.4. The number of rotatable bonds is 1. The molecule has 0 radical (unpaired) electrons. The molecule has 1 amide bonds. The molecule has 4 heteroatoms. The van der Waals surface area contributed by atoms with Crippen molar-refractivity contribution in [2.75, 3.05) is 20.3 Å². The van der Waals surface area contributed by atoms with E-state index in [2.05, 4.69) is 0 Å². The van der Waals surface area contributed by atoms with Crippen LogP contribution in [0.5, 0.6) is 0 Å². The Kier molecular flexibility index (Phi) is 2.11. The first-order valence-corrected chi connectivity index (χ1v) is 3.25. The van der Waals surface area contributed by atoms with Crippen molar-refractivity contribution in [1.82, 2.24) is 4.90 Å². The number of hydrogen-bond acceptors (Lipinski definition) is 2. The summed E-state index contributed by atoms with van der Waals surface area (Å²) in [6, 6.07) is 0.0671. The van der Waals surface area contributed by atoms with Crippen molar-refractivity contribution in [3.8, 4) is 0 Å². The van der Waals surface area contributed by atoms with Gasteiger partial charge in [-0.25, -0.2) is 4.79 Å². The zero-order valence-electron chi connectivity index (χ0n) is 5.91. The van der Waals surface area contributed by atoms with Gasteiger partial charge in [-0.05, 0) is 6.42 Å². The smallest absolute Gasteiger partial charge is 0.407 e. The van der Waals surface area contributed by atoms with E-state index in [-0.39, 0.29) is 6.04 Å². The van der Waals surface area contributed by atoms with Crippen LogP contribution in [0.1, 0.15) is 6.42 Å². The van der Waals surface area contributed by atoms with Crippen molar-refractivity contribution < 1.29 is 14.6 Å². The number of likely N-dealkylation sites (N-methyl/N-ethyl adjacent to an activating group) is 1. The minimum absolute atomic E-state index is 0.0671. The highest BCUT2D eigenvalue weighted by atomic mass is 16.5. The van der Waals surface area contributed by atoms with E-state index >= 15 is 0 Å². The number of amides is 1. The molecule has 1 atom stereocenters. The Morgan fingerprint density at radius 2 is 2.50 bits per heavy atom. The molecule has 1 aliphatic rings. The van der Waals surface area contributed by atoms with Gasteiger partial charge in [0.2, 0.25) is 0 Å². The molecule has 0 saturated carbocycles. The number of hydrogen-bond donors (Lipinski definition) is 1. The third kappa shape index (κ3) is 1.39. The predicted molar refractivity (Wildman–Crippen MR) is 35.0 cm³/mol. The minimum atomic E-state index is -0.879. The Morgan fingerprint density at radius 3 is 2.90 bits per heavy atom. The summed E-state index contributed by atoms with van der Waals surface area (Å²) < 4.78 is 5.02. The Morgan fingerprint density at radius 1 is 1.80 bits per heavy atom. The Labute approximate surface area is 59.4 Å². The number of nitrogens with zero attached hydrogens (tertiary/aromatic N) is 1. The molecule has 0 aromatic rings. The monoisotopic (exact) mass is 145 g/mol. The summed E-state index contributed by atoms with van der Waals surface area (Å²) >= 11 is 0. The normalized spacial score (nSPS) is 24.7. The largest absolute Gasteiger partial charge is 0.465 e. The molecule has 0 bridgehead atoms. The molecule has 10 heavy (non-hydrogen) atoms. The molecule has 0 spiro atoms. The highest BCUT2D eigenvalue weighted by molar-refractivity contribution is 5.65. The molecule has 1 rings (SSSR count). The van der Waals surface area contributed by atoms with Crippen LogP contribution in [-0.2, 0) is 4.74 Å². The van der Waals surface area contributed by atoms with E-state index in [9.17, 15) is 4.79 Å². The molecule has 58 valence electrons. The molecular weight excluding hydrogens is 134 g/mol. The van der Waals surface area contributed by atoms with Gasteiger partial charge >= 0.3 is 6.09 Å². The van der Waals surface area contributed by atoms with Gasteiger partial charge in [0, 0.05) is 13.7 Å². The van der Waals surface area contributed by atoms with E-state index in [0.717, 1.165) is 6.42 Å². The van der Waals surface area contributed by atoms with Crippen LogP contribution < -0.4 is 0 Å². The summed E-state index contributed by atoms with van der Waals surface area (Å²) in [6.45, 7) is 1.23. The molecule has 1 unspecified atom stereocenters. The average Bonchev–Trinajstić information content (AvgIpc) is 2.36. The second-order valence-electron chi connectivity index (χ2n) is 2.41. The Balaban J connectivity index is 2.39. The zero-order valence-corrected chi connectivity index (χ0v) is 5.91. The lowest BCUT2D eigenvalue weighted by Gasteiger charge is -2.18. The predicted octanol–water partition coefficient (Wildman–Crippen LogP) is 0.385. The van der Waals surface area contributed by atoms with E-state index in [4.69, 9.17) is 9.84 Å². The van der Waals surface area contributed by atoms with Gasteiger partial charge in [-0.1, -0.05) is 0 Å². The molecule has 0 aromatic carbocycles. The fourth-order valence-electron chi connectivity index (χ4n) is 0.984. The zero-order chi connectivity index (χ0) is 7.56. The highest BCUT2D eigenvalue weighted by Gasteiger charge is 2.23. The van der Waals surface area contributed by atoms with E-state index in [1.807, 2.05) is 0 Å². The van der Waals surface area contributed by atoms with Crippen LogP contribution >= 0.6 is 0 Å². The van der Waals surface area contributed by atoms with E-state index < -0.39 is 6.09 Å². The Bertz CT molecular complexity index is 131. The van der Waals surface area contributed by atoms with E-state index in [1.165, 1.54) is 4.90 Å². The van der Waals surface area contributed by atoms with Crippen LogP contribution in [-0.4, -0.2) is 42.4 Å². The molecule has 1 saturated heterocycles. The summed E-state index contributed by atoms with van der Waals surface area (Å²) in [5, 5.41) is 8.51. The fourth-order valence-corrected chi connectivity index (χ4v) is 0.984. The van der Waals surface area contributed by atoms with Gasteiger partial charge in [0.15, 0.2) is 0 Å². The lowest BCUT2D eigenvalue weighted by Crippen LogP contribution is -2.36. The quantitative estimate of drug-likeness (QED) is 0.580. The summed E-state index contributed by atoms with van der Waals surface area (Å²) in [5.74, 6) is 0. The highest BCUT2D eigenvalue weighted by Crippen LogP contribution is 2.09. The van der Waals surface area contributed by atoms with Crippen LogP contribution in [0.2, 0.25) is 0 Å². The topological polar surface area (TPSA) is 49.8 Å². The van der Waals surface area contributed by atoms with Gasteiger partial charge in [-0.3, -0.25) is 0 Å². The van der Waals surface area contributed by atoms with Crippen LogP contribution in [0.4, 0.5) is 4.79 Å². The third-order valence-corrected chi connectivity index (χ3v) is 1.76. The van der Waals surface area contributed by atoms with Crippen molar-refractivity contribution in [1.29, 1.82) is 0 Å². The third-order valence-electron chi connectivity index (χ3n) is 1.76. The summed E-state index contributed by atoms with van der Waals surface area (Å²) in [5.41, 5.74) is 0. The van der Waals surface area contributed by atoms with Crippen LogP contribution in [0.25, 0.3) is 0 Å².